The number of nitrogens with zero attached hydrogens (tertiary/aromatic N) is 2. The lowest BCUT2D eigenvalue weighted by atomic mass is 10.0. The molecule has 10 nitrogen and oxygen atoms in total. The van der Waals surface area contributed by atoms with Gasteiger partial charge in [0.05, 0.1) is 98.8 Å². The average molecular weight is 1320 g/mol. The van der Waals surface area contributed by atoms with Gasteiger partial charge in [0, 0.05) is 61.6 Å². The Morgan fingerprint density at radius 3 is 0.742 bits per heavy atom. The van der Waals surface area contributed by atoms with Gasteiger partial charge in [-0.15, -0.1) is 35.3 Å². The molecule has 0 saturated heterocycles. The molecule has 466 valence electrons. The number of aromatic nitrogens is 4. The first-order valence-corrected chi connectivity index (χ1v) is 29.0. The van der Waals surface area contributed by atoms with Gasteiger partial charge >= 0.3 is 17.9 Å². The molecule has 89 heavy (non-hydrogen) atoms. The monoisotopic (exact) mass is 1320 g/mol. The highest BCUT2D eigenvalue weighted by atomic mass is 32.2. The van der Waals surface area contributed by atoms with Crippen LogP contribution in [0, 0.1) is 98.9 Å². The van der Waals surface area contributed by atoms with Crippen molar-refractivity contribution in [3.8, 4) is 44.5 Å². The van der Waals surface area contributed by atoms with E-state index in [9.17, 15) is 18.8 Å². The van der Waals surface area contributed by atoms with Crippen molar-refractivity contribution in [1.29, 1.82) is 0 Å². The van der Waals surface area contributed by atoms with Crippen LogP contribution >= 0.6 is 35.3 Å². The zero-order chi connectivity index (χ0) is 64.6. The molecule has 0 spiro atoms. The van der Waals surface area contributed by atoms with E-state index in [-0.39, 0.29) is 55.1 Å². The zero-order valence-corrected chi connectivity index (χ0v) is 47.9. The maximum absolute atomic E-state index is 17.0. The third-order valence-electron chi connectivity index (χ3n) is 13.2. The summed E-state index contributed by atoms with van der Waals surface area (Å²) >= 11 is 0.362. The maximum Gasteiger partial charge on any atom is 0.306 e. The van der Waals surface area contributed by atoms with Crippen molar-refractivity contribution in [2.45, 2.75) is 54.7 Å². The number of H-pyrrole nitrogens is 2. The summed E-state index contributed by atoms with van der Waals surface area (Å²) in [5.41, 5.74) is -18.5. The molecule has 2 aliphatic rings. The molecule has 0 saturated carbocycles. The number of hydrogen-bond donors (Lipinski definition) is 2. The lowest BCUT2D eigenvalue weighted by Gasteiger charge is -2.14. The molecule has 2 aliphatic heterocycles. The highest BCUT2D eigenvalue weighted by Crippen LogP contribution is 2.47. The fourth-order valence-corrected chi connectivity index (χ4v) is 12.1. The summed E-state index contributed by atoms with van der Waals surface area (Å²) in [6, 6.07) is 3.01. The molecule has 0 aliphatic carbocycles. The minimum atomic E-state index is -2.69. The first-order chi connectivity index (χ1) is 42.4. The van der Waals surface area contributed by atoms with Gasteiger partial charge in [-0.2, -0.15) is 0 Å². The van der Waals surface area contributed by atoms with Crippen molar-refractivity contribution >= 4 is 99.6 Å². The molecule has 0 atom stereocenters. The summed E-state index contributed by atoms with van der Waals surface area (Å²) in [5, 5.41) is 0. The van der Waals surface area contributed by atoms with E-state index in [1.165, 1.54) is 20.8 Å². The summed E-state index contributed by atoms with van der Waals surface area (Å²) in [6.45, 7) is 4.02. The molecule has 9 rings (SSSR count). The molecular weight excluding hydrogens is 1280 g/mol. The molecule has 5 heterocycles. The van der Waals surface area contributed by atoms with Gasteiger partial charge in [0.1, 0.15) is 0 Å². The first kappa shape index (κ1) is 65.2. The molecule has 0 radical (unpaired) electrons. The fraction of sp³-hybridized carbons (Fsp3) is 0.203. The van der Waals surface area contributed by atoms with Gasteiger partial charge in [0.25, 0.3) is 0 Å². The lowest BCUT2D eigenvalue weighted by molar-refractivity contribution is -0.143. The number of nitrogens with one attached hydrogen (secondary N) is 2. The van der Waals surface area contributed by atoms with Crippen LogP contribution in [0.3, 0.4) is 0 Å². The lowest BCUT2D eigenvalue weighted by Crippen LogP contribution is -2.07. The maximum atomic E-state index is 17.0. The third kappa shape index (κ3) is 12.2. The molecule has 0 unspecified atom stereocenters. The minimum absolute atomic E-state index is 0.106. The van der Waals surface area contributed by atoms with Crippen LogP contribution in [0.1, 0.15) is 62.8 Å². The number of rotatable bonds is 19. The van der Waals surface area contributed by atoms with E-state index in [2.05, 4.69) is 19.9 Å². The number of esters is 3. The second-order valence-electron chi connectivity index (χ2n) is 18.5. The van der Waals surface area contributed by atoms with Crippen molar-refractivity contribution in [3.63, 3.8) is 0 Å². The number of aromatic amines is 2. The molecule has 2 N–H and O–H groups in total. The van der Waals surface area contributed by atoms with Gasteiger partial charge < -0.3 is 24.2 Å². The van der Waals surface area contributed by atoms with Crippen LogP contribution in [0.5, 0.6) is 0 Å². The summed E-state index contributed by atoms with van der Waals surface area (Å²) < 4.78 is 292. The van der Waals surface area contributed by atoms with E-state index >= 15 is 70.2 Å². The molecule has 3 aromatic heterocycles. The smallest absolute Gasteiger partial charge is 0.306 e. The Labute approximate surface area is 503 Å². The predicted octanol–water partition coefficient (Wildman–Crippen LogP) is 16.8. The number of benzene rings is 4. The van der Waals surface area contributed by atoms with Crippen LogP contribution < -0.4 is 0 Å². The average Bonchev–Trinajstić information content (AvgIpc) is 2.28. The number of hydrogen-bond acceptors (Lipinski definition) is 11. The van der Waals surface area contributed by atoms with Gasteiger partial charge in [0.2, 0.25) is 5.82 Å². The van der Waals surface area contributed by atoms with E-state index in [1.54, 1.807) is 0 Å². The van der Waals surface area contributed by atoms with Crippen molar-refractivity contribution in [2.24, 2.45) is 0 Å². The Morgan fingerprint density at radius 2 is 0.528 bits per heavy atom. The van der Waals surface area contributed by atoms with Crippen LogP contribution in [0.25, 0.3) is 90.9 Å². The van der Waals surface area contributed by atoms with Crippen LogP contribution in [0.15, 0.2) is 39.0 Å². The van der Waals surface area contributed by atoms with Gasteiger partial charge in [-0.1, -0.05) is 0 Å². The van der Waals surface area contributed by atoms with Crippen molar-refractivity contribution in [1.82, 2.24) is 19.9 Å². The number of carbonyl (C=O) groups excluding carboxylic acids is 3. The van der Waals surface area contributed by atoms with Crippen molar-refractivity contribution < 1.29 is 103 Å². The van der Waals surface area contributed by atoms with E-state index in [4.69, 9.17) is 14.2 Å². The van der Waals surface area contributed by atoms with E-state index in [1.807, 2.05) is 0 Å². The topological polar surface area (TPSA) is 136 Å². The van der Waals surface area contributed by atoms with Crippen LogP contribution in [-0.2, 0) is 28.6 Å². The number of carbonyl (C=O) groups is 3. The standard InChI is InChI=1S/C59H37F17N4O6S3/c1-4-84-29(81)15-18-87-57-51(71)42(62)37(43(63)52(57)72)33-23-9-7-21(77-23)32(36-40(60)48(68)50(70)49(69)41(36)61)22-8-10-24(78-22)34(38-44(64)53(73)58(54(74)45(38)65)88-19-16-30(82)85-5-2)26-12-14-28(80-26)35(27-13-11-25(33)79-27)39-46(66)55(75)59(56(76)47(39)67)89-20-17-31(83)86-6-3/h7-14,77,80H,4-6,15-20H2,1-3H3. The Balaban J connectivity index is 1.45. The SMILES string of the molecule is CCOC(=O)CCSc1c(F)c(F)c(-c2c3nc(c(-c4c(F)c(F)c(SCCC(=O)OCC)c(F)c4F)c4ccc([nH]4)c(-c4c(F)c(F)c(SCCC(=O)OCC)c(F)c4F)c4nc(c(-c5c(F)c(F)c(F)c(F)c5F)c5ccc2[nH]5)C=C4)C=C3)c(F)c1F. The summed E-state index contributed by atoms with van der Waals surface area (Å²) in [4.78, 5) is 45.4. The number of fused-ring (bicyclic) bond motifs is 8. The minimum Gasteiger partial charge on any atom is -0.466 e. The predicted molar refractivity (Wildman–Crippen MR) is 296 cm³/mol. The molecule has 0 fully saturated rings. The van der Waals surface area contributed by atoms with Crippen LogP contribution in [-0.4, -0.2) is 74.9 Å². The molecule has 7 aromatic rings. The summed E-state index contributed by atoms with van der Waals surface area (Å²) in [7, 11) is 0. The quantitative estimate of drug-likeness (QED) is 0.0200. The third-order valence-corrected chi connectivity index (χ3v) is 16.4. The Kier molecular flexibility index (Phi) is 19.7. The van der Waals surface area contributed by atoms with Gasteiger partial charge in [-0.3, -0.25) is 14.4 Å². The summed E-state index contributed by atoms with van der Waals surface area (Å²) in [6.07, 6.45) is 1.31. The highest BCUT2D eigenvalue weighted by molar-refractivity contribution is 7.99. The highest BCUT2D eigenvalue weighted by Gasteiger charge is 2.36. The van der Waals surface area contributed by atoms with Crippen LogP contribution in [0.4, 0.5) is 74.6 Å². The largest absolute Gasteiger partial charge is 0.466 e. The Bertz CT molecular complexity index is 4160. The van der Waals surface area contributed by atoms with Crippen molar-refractivity contribution in [3.05, 3.63) is 146 Å². The van der Waals surface area contributed by atoms with Gasteiger partial charge in [0.15, 0.2) is 93.1 Å². The second kappa shape index (κ2) is 26.8. The van der Waals surface area contributed by atoms with Crippen molar-refractivity contribution in [2.75, 3.05) is 37.1 Å². The Morgan fingerprint density at radius 1 is 0.326 bits per heavy atom. The molecule has 0 amide bonds. The number of ether oxygens (including phenoxy) is 3. The molecular formula is C59H37F17N4O6S3. The van der Waals surface area contributed by atoms with Crippen LogP contribution in [0.2, 0.25) is 0 Å². The first-order valence-electron chi connectivity index (χ1n) is 26.0. The normalized spacial score (nSPS) is 12.0. The second-order valence-corrected chi connectivity index (χ2v) is 21.9. The fourth-order valence-electron chi connectivity index (χ4n) is 9.36. The number of thioether (sulfide) groups is 3. The van der Waals surface area contributed by atoms with E-state index < -0.39 is 257 Å². The molecule has 8 bridgehead atoms. The molecule has 30 heteroatoms. The van der Waals surface area contributed by atoms with Gasteiger partial charge in [-0.25, -0.2) is 84.6 Å². The Hall–Kier alpha value is -8.25. The van der Waals surface area contributed by atoms with Gasteiger partial charge in [-0.05, 0) is 69.3 Å². The zero-order valence-electron chi connectivity index (χ0n) is 45.5. The van der Waals surface area contributed by atoms with E-state index in [0.29, 0.717) is 12.2 Å². The summed E-state index contributed by atoms with van der Waals surface area (Å²) in [5.74, 6) is -43.2. The number of halogens is 17. The van der Waals surface area contributed by atoms with E-state index in [0.717, 1.165) is 36.4 Å². The molecule has 4 aromatic carbocycles.